The standard InChI is InChI=1S/C30H27BClF2N7O11/c32-20-15(11-17(34)22(42)23(20)43)21(25(44)38-18-10-13-3-4-16(33)19(28(47)48)24(13)52-31(18)51)39-30(50)41-9-8-40(26(45)27(41)46)7-6-36-29(49)37-14-2-1-5-35-12-14/h1-5,11-12,18,21,42-43,51H,6-10H2,(H,38,44)(H,39,50)(H,47,48)(H2,36,37,49). The summed E-state index contributed by atoms with van der Waals surface area (Å²) in [6, 6.07) is 1.67. The summed E-state index contributed by atoms with van der Waals surface area (Å²) in [5.41, 5.74) is -1.03. The normalized spacial score (nSPS) is 16.0. The Balaban J connectivity index is 1.29. The van der Waals surface area contributed by atoms with E-state index in [4.69, 9.17) is 16.3 Å². The molecule has 0 saturated carbocycles. The summed E-state index contributed by atoms with van der Waals surface area (Å²) >= 11 is 6.11. The summed E-state index contributed by atoms with van der Waals surface area (Å²) in [6.45, 7) is -0.797. The largest absolute Gasteiger partial charge is 0.547 e. The number of urea groups is 2. The van der Waals surface area contributed by atoms with Crippen LogP contribution in [0.2, 0.25) is 5.02 Å². The van der Waals surface area contributed by atoms with Gasteiger partial charge in [-0.1, -0.05) is 17.7 Å². The average molecular weight is 746 g/mol. The van der Waals surface area contributed by atoms with E-state index in [1.807, 2.05) is 0 Å². The first kappa shape index (κ1) is 37.1. The Labute approximate surface area is 296 Å². The number of carbonyl (C=O) groups is 6. The number of anilines is 1. The van der Waals surface area contributed by atoms with Crippen molar-refractivity contribution in [2.75, 3.05) is 31.5 Å². The number of rotatable bonds is 9. The molecule has 1 aromatic heterocycles. The van der Waals surface area contributed by atoms with Gasteiger partial charge in [0.15, 0.2) is 17.3 Å². The molecule has 0 aliphatic carbocycles. The predicted octanol–water partition coefficient (Wildman–Crippen LogP) is 0.505. The van der Waals surface area contributed by atoms with Gasteiger partial charge in [-0.2, -0.15) is 0 Å². The second kappa shape index (κ2) is 15.4. The lowest BCUT2D eigenvalue weighted by Gasteiger charge is -2.34. The number of hydrogen-bond acceptors (Lipinski definition) is 11. The van der Waals surface area contributed by atoms with Crippen LogP contribution in [0.15, 0.2) is 42.7 Å². The number of hydrogen-bond donors (Lipinski definition) is 8. The van der Waals surface area contributed by atoms with Crippen molar-refractivity contribution in [2.24, 2.45) is 0 Å². The number of aromatic carboxylic acids is 1. The molecule has 272 valence electrons. The highest BCUT2D eigenvalue weighted by Gasteiger charge is 2.42. The van der Waals surface area contributed by atoms with Gasteiger partial charge in [0.05, 0.1) is 22.8 Å². The van der Waals surface area contributed by atoms with Crippen LogP contribution in [0.1, 0.15) is 27.5 Å². The van der Waals surface area contributed by atoms with E-state index in [1.165, 1.54) is 12.4 Å². The number of fused-ring (bicyclic) bond motifs is 1. The number of nitrogens with zero attached hydrogens (tertiary/aromatic N) is 3. The highest BCUT2D eigenvalue weighted by atomic mass is 35.5. The van der Waals surface area contributed by atoms with Crippen molar-refractivity contribution in [3.8, 4) is 17.2 Å². The first-order valence-corrected chi connectivity index (χ1v) is 15.5. The maximum absolute atomic E-state index is 14.6. The lowest BCUT2D eigenvalue weighted by molar-refractivity contribution is -0.153. The molecule has 0 spiro atoms. The Bertz CT molecular complexity index is 1960. The Morgan fingerprint density at radius 2 is 1.83 bits per heavy atom. The zero-order chi connectivity index (χ0) is 37.9. The number of carbonyl (C=O) groups excluding carboxylic acids is 5. The van der Waals surface area contributed by atoms with Crippen molar-refractivity contribution in [1.29, 1.82) is 0 Å². The number of aromatic hydroxyl groups is 2. The Morgan fingerprint density at radius 1 is 1.08 bits per heavy atom. The molecule has 3 aromatic rings. The van der Waals surface area contributed by atoms with Crippen LogP contribution in [-0.4, -0.2) is 110 Å². The molecule has 1 saturated heterocycles. The van der Waals surface area contributed by atoms with E-state index in [9.17, 15) is 57.9 Å². The quantitative estimate of drug-likeness (QED) is 0.0847. The highest BCUT2D eigenvalue weighted by Crippen LogP contribution is 2.40. The molecule has 0 radical (unpaired) electrons. The van der Waals surface area contributed by atoms with Gasteiger partial charge < -0.3 is 51.2 Å². The number of benzene rings is 2. The van der Waals surface area contributed by atoms with E-state index >= 15 is 0 Å². The number of phenolic OH excluding ortho intramolecular Hbond substituents is 2. The van der Waals surface area contributed by atoms with E-state index in [0.29, 0.717) is 16.7 Å². The SMILES string of the molecule is O=C(NCCN1CCN(C(=O)NC(C(=O)NC2Cc3ccc(F)c(C(=O)O)c3OB2O)c2cc(F)c(O)c(O)c2Cl)C(=O)C1=O)Nc1cccnc1. The van der Waals surface area contributed by atoms with Gasteiger partial charge in [-0.3, -0.25) is 24.3 Å². The third-order valence-corrected chi connectivity index (χ3v) is 8.33. The first-order chi connectivity index (χ1) is 24.7. The minimum absolute atomic E-state index is 0.0626. The summed E-state index contributed by atoms with van der Waals surface area (Å²) in [5, 5.41) is 48.7. The van der Waals surface area contributed by atoms with E-state index in [-0.39, 0.29) is 31.6 Å². The lowest BCUT2D eigenvalue weighted by atomic mass is 9.72. The molecule has 2 aromatic carbocycles. The molecule has 52 heavy (non-hydrogen) atoms. The fourth-order valence-corrected chi connectivity index (χ4v) is 5.59. The fourth-order valence-electron chi connectivity index (χ4n) is 5.34. The molecule has 0 bridgehead atoms. The molecule has 22 heteroatoms. The topological polar surface area (TPSA) is 260 Å². The third-order valence-electron chi connectivity index (χ3n) is 7.93. The number of amides is 7. The van der Waals surface area contributed by atoms with Gasteiger partial charge in [0.2, 0.25) is 5.91 Å². The lowest BCUT2D eigenvalue weighted by Crippen LogP contribution is -2.60. The van der Waals surface area contributed by atoms with Crippen LogP contribution >= 0.6 is 11.6 Å². The summed E-state index contributed by atoms with van der Waals surface area (Å²) in [5.74, 6) is -12.4. The number of piperazine rings is 1. The molecule has 18 nitrogen and oxygen atoms in total. The monoisotopic (exact) mass is 745 g/mol. The number of aromatic nitrogens is 1. The van der Waals surface area contributed by atoms with Crippen LogP contribution in [0.3, 0.4) is 0 Å². The minimum Gasteiger partial charge on any atom is -0.534 e. The van der Waals surface area contributed by atoms with Crippen molar-refractivity contribution in [2.45, 2.75) is 18.4 Å². The van der Waals surface area contributed by atoms with Gasteiger partial charge in [-0.25, -0.2) is 23.2 Å². The average Bonchev–Trinajstić information content (AvgIpc) is 3.10. The van der Waals surface area contributed by atoms with Crippen molar-refractivity contribution in [3.63, 3.8) is 0 Å². The molecule has 7 amide bonds. The number of halogens is 3. The van der Waals surface area contributed by atoms with E-state index in [1.54, 1.807) is 12.1 Å². The summed E-state index contributed by atoms with van der Waals surface area (Å²) in [6.07, 6.45) is 2.58. The number of carboxylic acids is 1. The van der Waals surface area contributed by atoms with Gasteiger partial charge in [-0.05, 0) is 36.2 Å². The van der Waals surface area contributed by atoms with Crippen LogP contribution in [-0.2, 0) is 20.8 Å². The fraction of sp³-hybridized carbons (Fsp3) is 0.233. The van der Waals surface area contributed by atoms with Crippen molar-refractivity contribution < 1.29 is 62.5 Å². The maximum Gasteiger partial charge on any atom is 0.547 e. The number of carboxylic acid groups (broad SMARTS) is 1. The van der Waals surface area contributed by atoms with Gasteiger partial charge in [0, 0.05) is 37.9 Å². The molecule has 1 fully saturated rings. The first-order valence-electron chi connectivity index (χ1n) is 15.1. The predicted molar refractivity (Wildman–Crippen MR) is 173 cm³/mol. The Hall–Kier alpha value is -6.22. The zero-order valence-corrected chi connectivity index (χ0v) is 27.2. The summed E-state index contributed by atoms with van der Waals surface area (Å²) < 4.78 is 34.0. The van der Waals surface area contributed by atoms with Crippen LogP contribution < -0.4 is 25.9 Å². The van der Waals surface area contributed by atoms with Gasteiger partial charge in [-0.15, -0.1) is 0 Å². The molecule has 2 aliphatic heterocycles. The molecule has 2 unspecified atom stereocenters. The van der Waals surface area contributed by atoms with E-state index in [0.717, 1.165) is 17.0 Å². The molecule has 5 rings (SSSR count). The van der Waals surface area contributed by atoms with Crippen molar-refractivity contribution in [3.05, 3.63) is 76.1 Å². The maximum atomic E-state index is 14.6. The Morgan fingerprint density at radius 3 is 2.52 bits per heavy atom. The third kappa shape index (κ3) is 7.74. The van der Waals surface area contributed by atoms with Crippen molar-refractivity contribution in [1.82, 2.24) is 30.7 Å². The molecule has 2 atom stereocenters. The van der Waals surface area contributed by atoms with Crippen LogP contribution in [0.5, 0.6) is 17.2 Å². The van der Waals surface area contributed by atoms with E-state index < -0.39 is 106 Å². The van der Waals surface area contributed by atoms with Gasteiger partial charge in [0.1, 0.15) is 23.2 Å². The second-order valence-corrected chi connectivity index (χ2v) is 11.6. The number of pyridine rings is 1. The molecular formula is C30H27BClF2N7O11. The van der Waals surface area contributed by atoms with Crippen molar-refractivity contribution >= 4 is 60.2 Å². The summed E-state index contributed by atoms with van der Waals surface area (Å²) in [7, 11) is -1.98. The van der Waals surface area contributed by atoms with Gasteiger partial charge >= 0.3 is 37.0 Å². The highest BCUT2D eigenvalue weighted by molar-refractivity contribution is 6.47. The second-order valence-electron chi connectivity index (χ2n) is 11.3. The van der Waals surface area contributed by atoms with E-state index in [2.05, 4.69) is 26.3 Å². The van der Waals surface area contributed by atoms with Crippen LogP contribution in [0.4, 0.5) is 24.1 Å². The molecular weight excluding hydrogens is 719 g/mol. The molecule has 8 N–H and O–H groups in total. The molecule has 3 heterocycles. The molecule has 2 aliphatic rings. The minimum atomic E-state index is -2.07. The number of phenols is 2. The smallest absolute Gasteiger partial charge is 0.534 e. The summed E-state index contributed by atoms with van der Waals surface area (Å²) in [4.78, 5) is 82.0. The van der Waals surface area contributed by atoms with Crippen LogP contribution in [0.25, 0.3) is 0 Å². The van der Waals surface area contributed by atoms with Crippen LogP contribution in [0, 0.1) is 11.6 Å². The number of nitrogens with one attached hydrogen (secondary N) is 4. The van der Waals surface area contributed by atoms with Gasteiger partial charge in [0.25, 0.3) is 0 Å². The zero-order valence-electron chi connectivity index (χ0n) is 26.4. The number of imide groups is 1. The Kier molecular flexibility index (Phi) is 10.9.